The molecular weight excluding hydrogens is 220 g/mol. The fourth-order valence-electron chi connectivity index (χ4n) is 2.34. The van der Waals surface area contributed by atoms with E-state index in [1.54, 1.807) is 11.3 Å². The molecule has 3 nitrogen and oxygen atoms in total. The van der Waals surface area contributed by atoms with Gasteiger partial charge in [-0.15, -0.1) is 11.3 Å². The summed E-state index contributed by atoms with van der Waals surface area (Å²) in [6.07, 6.45) is 1.45. The average Bonchev–Trinajstić information content (AvgIpc) is 2.86. The maximum absolute atomic E-state index is 6.18. The van der Waals surface area contributed by atoms with E-state index in [1.165, 1.54) is 4.88 Å². The minimum Gasteiger partial charge on any atom is -0.377 e. The highest BCUT2D eigenvalue weighted by Gasteiger charge is 2.28. The Kier molecular flexibility index (Phi) is 3.97. The van der Waals surface area contributed by atoms with Crippen molar-refractivity contribution in [1.29, 1.82) is 0 Å². The number of ether oxygens (including phenoxy) is 1. The highest BCUT2D eigenvalue weighted by Crippen LogP contribution is 2.22. The molecule has 4 heteroatoms. The van der Waals surface area contributed by atoms with Gasteiger partial charge in [0.05, 0.1) is 12.1 Å². The molecule has 0 aliphatic carbocycles. The van der Waals surface area contributed by atoms with Crippen LogP contribution < -0.4 is 5.73 Å². The second-order valence-corrected chi connectivity index (χ2v) is 5.47. The first-order chi connectivity index (χ1) is 7.68. The molecule has 0 aromatic carbocycles. The first-order valence-electron chi connectivity index (χ1n) is 5.79. The van der Waals surface area contributed by atoms with E-state index >= 15 is 0 Å². The average molecular weight is 240 g/mol. The lowest BCUT2D eigenvalue weighted by atomic mass is 10.1. The van der Waals surface area contributed by atoms with E-state index in [0.29, 0.717) is 12.1 Å². The van der Waals surface area contributed by atoms with E-state index in [1.807, 2.05) is 0 Å². The Bertz CT molecular complexity index is 315. The molecule has 16 heavy (non-hydrogen) atoms. The van der Waals surface area contributed by atoms with Gasteiger partial charge >= 0.3 is 0 Å². The fraction of sp³-hybridized carbons (Fsp3) is 0.667. The third-order valence-electron chi connectivity index (χ3n) is 3.30. The summed E-state index contributed by atoms with van der Waals surface area (Å²) in [4.78, 5) is 3.60. The van der Waals surface area contributed by atoms with Crippen LogP contribution in [0.25, 0.3) is 0 Å². The van der Waals surface area contributed by atoms with Gasteiger partial charge in [-0.25, -0.2) is 0 Å². The summed E-state index contributed by atoms with van der Waals surface area (Å²) in [5.74, 6) is 0. The lowest BCUT2D eigenvalue weighted by molar-refractivity contribution is 0.0819. The SMILES string of the molecule is CC1OCCC1N(C)CC(N)c1cccs1. The summed E-state index contributed by atoms with van der Waals surface area (Å²) in [6.45, 7) is 3.92. The van der Waals surface area contributed by atoms with E-state index in [9.17, 15) is 0 Å². The minimum absolute atomic E-state index is 0.123. The monoisotopic (exact) mass is 240 g/mol. The lowest BCUT2D eigenvalue weighted by Gasteiger charge is -2.28. The zero-order valence-electron chi connectivity index (χ0n) is 9.93. The van der Waals surface area contributed by atoms with Gasteiger partial charge in [0.2, 0.25) is 0 Å². The van der Waals surface area contributed by atoms with Crippen LogP contribution in [-0.2, 0) is 4.74 Å². The Balaban J connectivity index is 1.89. The smallest absolute Gasteiger partial charge is 0.0702 e. The third kappa shape index (κ3) is 2.63. The molecule has 2 N–H and O–H groups in total. The Morgan fingerprint density at radius 1 is 1.69 bits per heavy atom. The van der Waals surface area contributed by atoms with Crippen LogP contribution in [0, 0.1) is 0 Å². The van der Waals surface area contributed by atoms with Gasteiger partial charge in [-0.05, 0) is 31.8 Å². The fourth-order valence-corrected chi connectivity index (χ4v) is 3.06. The summed E-state index contributed by atoms with van der Waals surface area (Å²) in [7, 11) is 2.14. The summed E-state index contributed by atoms with van der Waals surface area (Å²) < 4.78 is 5.58. The van der Waals surface area contributed by atoms with Crippen LogP contribution in [0.15, 0.2) is 17.5 Å². The van der Waals surface area contributed by atoms with Gasteiger partial charge in [-0.3, -0.25) is 4.90 Å². The van der Waals surface area contributed by atoms with Crippen molar-refractivity contribution in [2.45, 2.75) is 31.5 Å². The molecule has 3 atom stereocenters. The molecule has 1 aromatic rings. The van der Waals surface area contributed by atoms with Gasteiger partial charge < -0.3 is 10.5 Å². The van der Waals surface area contributed by atoms with Crippen LogP contribution in [0.4, 0.5) is 0 Å². The molecule has 90 valence electrons. The Labute approximate surface area is 101 Å². The van der Waals surface area contributed by atoms with E-state index in [4.69, 9.17) is 10.5 Å². The van der Waals surface area contributed by atoms with Crippen molar-refractivity contribution in [2.75, 3.05) is 20.2 Å². The summed E-state index contributed by atoms with van der Waals surface area (Å²) in [6, 6.07) is 4.81. The minimum atomic E-state index is 0.123. The maximum Gasteiger partial charge on any atom is 0.0702 e. The van der Waals surface area contributed by atoms with Crippen molar-refractivity contribution in [3.8, 4) is 0 Å². The van der Waals surface area contributed by atoms with Crippen molar-refractivity contribution < 1.29 is 4.74 Å². The largest absolute Gasteiger partial charge is 0.377 e. The molecule has 1 saturated heterocycles. The van der Waals surface area contributed by atoms with Crippen molar-refractivity contribution in [3.63, 3.8) is 0 Å². The van der Waals surface area contributed by atoms with Gasteiger partial charge in [0.1, 0.15) is 0 Å². The topological polar surface area (TPSA) is 38.5 Å². The summed E-state index contributed by atoms with van der Waals surface area (Å²) in [5, 5.41) is 2.08. The number of thiophene rings is 1. The molecule has 3 unspecified atom stereocenters. The molecule has 1 aliphatic rings. The van der Waals surface area contributed by atoms with Crippen LogP contribution in [0.1, 0.15) is 24.3 Å². The Morgan fingerprint density at radius 2 is 2.50 bits per heavy atom. The van der Waals surface area contributed by atoms with Crippen LogP contribution in [0.2, 0.25) is 0 Å². The second-order valence-electron chi connectivity index (χ2n) is 4.49. The number of rotatable bonds is 4. The summed E-state index contributed by atoms with van der Waals surface area (Å²) in [5.41, 5.74) is 6.18. The number of hydrogen-bond acceptors (Lipinski definition) is 4. The highest BCUT2D eigenvalue weighted by molar-refractivity contribution is 7.10. The third-order valence-corrected chi connectivity index (χ3v) is 4.30. The first kappa shape index (κ1) is 12.0. The number of likely N-dealkylation sites (N-methyl/N-ethyl adjacent to an activating group) is 1. The van der Waals surface area contributed by atoms with Crippen molar-refractivity contribution in [1.82, 2.24) is 4.90 Å². The Hall–Kier alpha value is -0.420. The zero-order valence-corrected chi connectivity index (χ0v) is 10.7. The van der Waals surface area contributed by atoms with Gasteiger partial charge in [0, 0.05) is 24.1 Å². The molecular formula is C12H20N2OS. The predicted molar refractivity (Wildman–Crippen MR) is 67.7 cm³/mol. The lowest BCUT2D eigenvalue weighted by Crippen LogP contribution is -2.40. The number of nitrogens with two attached hydrogens (primary N) is 1. The molecule has 0 bridgehead atoms. The second kappa shape index (κ2) is 5.27. The van der Waals surface area contributed by atoms with E-state index in [-0.39, 0.29) is 6.04 Å². The molecule has 1 fully saturated rings. The van der Waals surface area contributed by atoms with Crippen molar-refractivity contribution >= 4 is 11.3 Å². The molecule has 2 heterocycles. The Morgan fingerprint density at radius 3 is 3.06 bits per heavy atom. The van der Waals surface area contributed by atoms with Crippen molar-refractivity contribution in [2.24, 2.45) is 5.73 Å². The molecule has 0 amide bonds. The molecule has 0 spiro atoms. The van der Waals surface area contributed by atoms with Gasteiger partial charge in [0.15, 0.2) is 0 Å². The molecule has 2 rings (SSSR count). The van der Waals surface area contributed by atoms with Gasteiger partial charge in [-0.1, -0.05) is 6.07 Å². The summed E-state index contributed by atoms with van der Waals surface area (Å²) >= 11 is 1.73. The first-order valence-corrected chi connectivity index (χ1v) is 6.67. The van der Waals surface area contributed by atoms with Crippen LogP contribution in [0.3, 0.4) is 0 Å². The molecule has 0 radical (unpaired) electrons. The van der Waals surface area contributed by atoms with Crippen LogP contribution in [-0.4, -0.2) is 37.2 Å². The van der Waals surface area contributed by atoms with Gasteiger partial charge in [-0.2, -0.15) is 0 Å². The maximum atomic E-state index is 6.18. The van der Waals surface area contributed by atoms with Crippen LogP contribution in [0.5, 0.6) is 0 Å². The number of nitrogens with zero attached hydrogens (tertiary/aromatic N) is 1. The molecule has 1 aliphatic heterocycles. The highest BCUT2D eigenvalue weighted by atomic mass is 32.1. The molecule has 0 saturated carbocycles. The predicted octanol–water partition coefficient (Wildman–Crippen LogP) is 1.86. The van der Waals surface area contributed by atoms with Gasteiger partial charge in [0.25, 0.3) is 0 Å². The molecule has 1 aromatic heterocycles. The van der Waals surface area contributed by atoms with E-state index < -0.39 is 0 Å². The van der Waals surface area contributed by atoms with E-state index in [2.05, 4.69) is 36.4 Å². The standard InChI is InChI=1S/C12H20N2OS/c1-9-11(5-6-15-9)14(2)8-10(13)12-4-3-7-16-12/h3-4,7,9-11H,5-6,8,13H2,1-2H3. The number of hydrogen-bond donors (Lipinski definition) is 1. The van der Waals surface area contributed by atoms with Crippen molar-refractivity contribution in [3.05, 3.63) is 22.4 Å². The van der Waals surface area contributed by atoms with Crippen LogP contribution >= 0.6 is 11.3 Å². The zero-order chi connectivity index (χ0) is 11.5. The normalized spacial score (nSPS) is 27.5. The quantitative estimate of drug-likeness (QED) is 0.873. The van der Waals surface area contributed by atoms with E-state index in [0.717, 1.165) is 19.6 Å².